The molecule has 2 aromatic carbocycles. The molecule has 0 saturated heterocycles. The van der Waals surface area contributed by atoms with E-state index in [2.05, 4.69) is 83.4 Å². The minimum absolute atomic E-state index is 0.0315. The van der Waals surface area contributed by atoms with Crippen molar-refractivity contribution in [1.82, 2.24) is 9.55 Å². The van der Waals surface area contributed by atoms with E-state index in [9.17, 15) is 5.11 Å². The lowest BCUT2D eigenvalue weighted by molar-refractivity contribution is 0.476. The molecule has 1 N–H and O–H groups in total. The average Bonchev–Trinajstić information content (AvgIpc) is 3.00. The van der Waals surface area contributed by atoms with Crippen LogP contribution in [-0.2, 0) is 18.3 Å². The van der Waals surface area contributed by atoms with E-state index in [4.69, 9.17) is 4.98 Å². The van der Waals surface area contributed by atoms with E-state index in [0.717, 1.165) is 29.6 Å². The van der Waals surface area contributed by atoms with Gasteiger partial charge in [0.1, 0.15) is 11.6 Å². The molecule has 0 unspecified atom stereocenters. The van der Waals surface area contributed by atoms with Gasteiger partial charge in [-0.2, -0.15) is 0 Å². The topological polar surface area (TPSA) is 38.0 Å². The number of hydrogen-bond donors (Lipinski definition) is 1. The lowest BCUT2D eigenvalue weighted by atomic mass is 9.88. The molecule has 0 aliphatic heterocycles. The summed E-state index contributed by atoms with van der Waals surface area (Å²) in [6.45, 7) is 15.8. The quantitative estimate of drug-likeness (QED) is 0.356. The standard InChI is InChI=1S/C29H36N2O/c1-18(2)12-20-14-21(13-19(3)4)28-25(15-20)24-9-8-23(32)17-26(24)31(28)27-16-22(10-11-30-27)29(5,6)7/h8-11,14-19,32H,12-13H2,1-7H3. The normalized spacial score (nSPS) is 12.5. The summed E-state index contributed by atoms with van der Waals surface area (Å²) in [4.78, 5) is 4.80. The zero-order chi connectivity index (χ0) is 23.2. The van der Waals surface area contributed by atoms with Crippen molar-refractivity contribution in [3.63, 3.8) is 0 Å². The first-order valence-corrected chi connectivity index (χ1v) is 11.8. The number of pyridine rings is 1. The number of benzene rings is 2. The van der Waals surface area contributed by atoms with Gasteiger partial charge in [-0.15, -0.1) is 0 Å². The number of rotatable bonds is 5. The second kappa shape index (κ2) is 8.27. The van der Waals surface area contributed by atoms with Crippen LogP contribution in [0.15, 0.2) is 48.7 Å². The van der Waals surface area contributed by atoms with Crippen LogP contribution in [0.25, 0.3) is 27.6 Å². The highest BCUT2D eigenvalue weighted by atomic mass is 16.3. The van der Waals surface area contributed by atoms with E-state index >= 15 is 0 Å². The van der Waals surface area contributed by atoms with E-state index in [1.807, 2.05) is 12.3 Å². The largest absolute Gasteiger partial charge is 0.508 e. The molecule has 3 heteroatoms. The van der Waals surface area contributed by atoms with Crippen molar-refractivity contribution in [2.75, 3.05) is 0 Å². The first kappa shape index (κ1) is 22.4. The van der Waals surface area contributed by atoms with Gasteiger partial charge in [0.2, 0.25) is 0 Å². The van der Waals surface area contributed by atoms with E-state index in [1.54, 1.807) is 6.07 Å². The number of fused-ring (bicyclic) bond motifs is 3. The molecule has 0 aliphatic rings. The van der Waals surface area contributed by atoms with Gasteiger partial charge in [-0.3, -0.25) is 4.57 Å². The monoisotopic (exact) mass is 428 g/mol. The third-order valence-electron chi connectivity index (χ3n) is 6.10. The van der Waals surface area contributed by atoms with Crippen LogP contribution in [0, 0.1) is 11.8 Å². The Hall–Kier alpha value is -2.81. The van der Waals surface area contributed by atoms with Crippen molar-refractivity contribution in [1.29, 1.82) is 0 Å². The molecular formula is C29H36N2O. The third-order valence-corrected chi connectivity index (χ3v) is 6.10. The molecular weight excluding hydrogens is 392 g/mol. The molecule has 0 radical (unpaired) electrons. The summed E-state index contributed by atoms with van der Waals surface area (Å²) < 4.78 is 2.26. The number of phenols is 1. The number of hydrogen-bond acceptors (Lipinski definition) is 2. The molecule has 0 spiro atoms. The summed E-state index contributed by atoms with van der Waals surface area (Å²) in [5.41, 5.74) is 6.23. The Kier molecular flexibility index (Phi) is 5.79. The van der Waals surface area contributed by atoms with Crippen molar-refractivity contribution in [2.45, 2.75) is 66.7 Å². The minimum atomic E-state index is 0.0315. The summed E-state index contributed by atoms with van der Waals surface area (Å²) in [6.07, 6.45) is 3.97. The fourth-order valence-corrected chi connectivity index (χ4v) is 4.71. The van der Waals surface area contributed by atoms with Gasteiger partial charge in [-0.25, -0.2) is 4.98 Å². The number of phenolic OH excluding ortho intramolecular Hbond substituents is 1. The van der Waals surface area contributed by atoms with Crippen LogP contribution >= 0.6 is 0 Å². The number of aromatic hydroxyl groups is 1. The molecule has 0 fully saturated rings. The third kappa shape index (κ3) is 4.26. The highest BCUT2D eigenvalue weighted by Gasteiger charge is 2.21. The smallest absolute Gasteiger partial charge is 0.137 e. The van der Waals surface area contributed by atoms with Gasteiger partial charge in [-0.05, 0) is 77.1 Å². The molecule has 2 heterocycles. The first-order valence-electron chi connectivity index (χ1n) is 11.8. The van der Waals surface area contributed by atoms with E-state index in [0.29, 0.717) is 11.8 Å². The Morgan fingerprint density at radius 3 is 2.25 bits per heavy atom. The predicted molar refractivity (Wildman–Crippen MR) is 136 cm³/mol. The number of nitrogens with zero attached hydrogens (tertiary/aromatic N) is 2. The van der Waals surface area contributed by atoms with Crippen LogP contribution in [0.4, 0.5) is 0 Å². The Balaban J connectivity index is 2.12. The zero-order valence-corrected chi connectivity index (χ0v) is 20.5. The van der Waals surface area contributed by atoms with Crippen LogP contribution in [0.1, 0.15) is 65.2 Å². The minimum Gasteiger partial charge on any atom is -0.508 e. The van der Waals surface area contributed by atoms with Gasteiger partial charge < -0.3 is 5.11 Å². The van der Waals surface area contributed by atoms with Gasteiger partial charge in [0.25, 0.3) is 0 Å². The summed E-state index contributed by atoms with van der Waals surface area (Å²) in [6, 6.07) is 14.8. The van der Waals surface area contributed by atoms with Crippen LogP contribution in [0.2, 0.25) is 0 Å². The van der Waals surface area contributed by atoms with Crippen LogP contribution in [-0.4, -0.2) is 14.7 Å². The van der Waals surface area contributed by atoms with Gasteiger partial charge in [0, 0.05) is 23.0 Å². The second-order valence-corrected chi connectivity index (χ2v) is 11.0. The summed E-state index contributed by atoms with van der Waals surface area (Å²) in [7, 11) is 0. The van der Waals surface area contributed by atoms with Crippen LogP contribution < -0.4 is 0 Å². The van der Waals surface area contributed by atoms with E-state index in [1.165, 1.54) is 27.6 Å². The van der Waals surface area contributed by atoms with Gasteiger partial charge in [0.15, 0.2) is 0 Å². The van der Waals surface area contributed by atoms with Crippen molar-refractivity contribution in [3.8, 4) is 11.6 Å². The zero-order valence-electron chi connectivity index (χ0n) is 20.5. The highest BCUT2D eigenvalue weighted by Crippen LogP contribution is 2.38. The predicted octanol–water partition coefficient (Wildman–Crippen LogP) is 7.58. The average molecular weight is 429 g/mol. The molecule has 0 saturated carbocycles. The molecule has 0 atom stereocenters. The maximum Gasteiger partial charge on any atom is 0.137 e. The summed E-state index contributed by atoms with van der Waals surface area (Å²) in [5.74, 6) is 2.33. The molecule has 0 aliphatic carbocycles. The van der Waals surface area contributed by atoms with E-state index < -0.39 is 0 Å². The molecule has 4 aromatic rings. The Morgan fingerprint density at radius 1 is 0.875 bits per heavy atom. The molecule has 32 heavy (non-hydrogen) atoms. The fourth-order valence-electron chi connectivity index (χ4n) is 4.71. The van der Waals surface area contributed by atoms with Gasteiger partial charge in [0.05, 0.1) is 11.0 Å². The van der Waals surface area contributed by atoms with E-state index in [-0.39, 0.29) is 11.2 Å². The van der Waals surface area contributed by atoms with Gasteiger partial charge >= 0.3 is 0 Å². The Bertz CT molecular complexity index is 1270. The molecule has 4 rings (SSSR count). The molecule has 168 valence electrons. The number of aromatic nitrogens is 2. The van der Waals surface area contributed by atoms with Crippen molar-refractivity contribution in [3.05, 3.63) is 65.4 Å². The highest BCUT2D eigenvalue weighted by molar-refractivity contribution is 6.10. The lowest BCUT2D eigenvalue weighted by Crippen LogP contribution is -2.12. The molecule has 3 nitrogen and oxygen atoms in total. The molecule has 0 bridgehead atoms. The fraction of sp³-hybridized carbons (Fsp3) is 0.414. The Labute approximate surface area is 192 Å². The summed E-state index contributed by atoms with van der Waals surface area (Å²) in [5, 5.41) is 12.8. The maximum atomic E-state index is 10.4. The maximum absolute atomic E-state index is 10.4. The molecule has 2 aromatic heterocycles. The van der Waals surface area contributed by atoms with Crippen molar-refractivity contribution in [2.24, 2.45) is 11.8 Å². The van der Waals surface area contributed by atoms with Crippen molar-refractivity contribution < 1.29 is 5.11 Å². The lowest BCUT2D eigenvalue weighted by Gasteiger charge is -2.20. The van der Waals surface area contributed by atoms with Gasteiger partial charge in [-0.1, -0.05) is 54.5 Å². The molecule has 0 amide bonds. The van der Waals surface area contributed by atoms with Crippen LogP contribution in [0.3, 0.4) is 0 Å². The van der Waals surface area contributed by atoms with Crippen LogP contribution in [0.5, 0.6) is 5.75 Å². The second-order valence-electron chi connectivity index (χ2n) is 11.0. The Morgan fingerprint density at radius 2 is 1.59 bits per heavy atom. The van der Waals surface area contributed by atoms with Crippen molar-refractivity contribution >= 4 is 21.8 Å². The first-order chi connectivity index (χ1) is 15.0. The summed E-state index contributed by atoms with van der Waals surface area (Å²) >= 11 is 0. The SMILES string of the molecule is CC(C)Cc1cc(CC(C)C)c2c(c1)c1ccc(O)cc1n2-c1cc(C(C)(C)C)ccn1.